The molecule has 1 aliphatic carbocycles. The first-order valence-corrected chi connectivity index (χ1v) is 10.1. The summed E-state index contributed by atoms with van der Waals surface area (Å²) in [5.41, 5.74) is -1.50. The number of nitrogens with one attached hydrogen (secondary N) is 1. The van der Waals surface area contributed by atoms with Gasteiger partial charge in [-0.25, -0.2) is 16.8 Å². The van der Waals surface area contributed by atoms with Crippen molar-refractivity contribution in [3.63, 3.8) is 0 Å². The molecule has 0 unspecified atom stereocenters. The number of sulfonamides is 1. The minimum Gasteiger partial charge on any atom is -0.480 e. The molecule has 0 aliphatic heterocycles. The average molecular weight is 327 g/mol. The number of carbonyl (C=O) groups is 1. The molecule has 118 valence electrons. The lowest BCUT2D eigenvalue weighted by atomic mass is 9.78. The maximum Gasteiger partial charge on any atom is 0.324 e. The third-order valence-corrected chi connectivity index (χ3v) is 6.26. The van der Waals surface area contributed by atoms with E-state index >= 15 is 0 Å². The first kappa shape index (κ1) is 17.4. The van der Waals surface area contributed by atoms with Gasteiger partial charge in [0.2, 0.25) is 10.0 Å². The van der Waals surface area contributed by atoms with E-state index in [-0.39, 0.29) is 12.8 Å². The third kappa shape index (κ3) is 5.02. The molecule has 1 saturated carbocycles. The van der Waals surface area contributed by atoms with Crippen LogP contribution in [0.1, 0.15) is 32.6 Å². The predicted octanol–water partition coefficient (Wildman–Crippen LogP) is -0.0161. The number of sulfone groups is 1. The van der Waals surface area contributed by atoms with Crippen molar-refractivity contribution in [2.45, 2.75) is 38.1 Å². The molecule has 0 aromatic carbocycles. The molecule has 0 spiro atoms. The number of hydrogen-bond acceptors (Lipinski definition) is 5. The van der Waals surface area contributed by atoms with Gasteiger partial charge >= 0.3 is 5.97 Å². The second-order valence-corrected chi connectivity index (χ2v) is 9.72. The lowest BCUT2D eigenvalue weighted by Crippen LogP contribution is -2.56. The fourth-order valence-electron chi connectivity index (χ4n) is 2.22. The van der Waals surface area contributed by atoms with E-state index in [1.807, 2.05) is 6.92 Å². The summed E-state index contributed by atoms with van der Waals surface area (Å²) < 4.78 is 48.0. The Morgan fingerprint density at radius 1 is 1.20 bits per heavy atom. The van der Waals surface area contributed by atoms with Crippen LogP contribution in [0.15, 0.2) is 0 Å². The molecule has 0 amide bonds. The third-order valence-electron chi connectivity index (χ3n) is 3.61. The van der Waals surface area contributed by atoms with Gasteiger partial charge in [0.05, 0.1) is 11.5 Å². The summed E-state index contributed by atoms with van der Waals surface area (Å²) in [6, 6.07) is 0. The van der Waals surface area contributed by atoms with Crippen LogP contribution in [0.4, 0.5) is 0 Å². The molecule has 0 saturated heterocycles. The molecule has 0 bridgehead atoms. The van der Waals surface area contributed by atoms with Gasteiger partial charge in [-0.2, -0.15) is 4.72 Å². The number of hydrogen-bond donors (Lipinski definition) is 2. The lowest BCUT2D eigenvalue weighted by Gasteiger charge is -2.36. The summed E-state index contributed by atoms with van der Waals surface area (Å²) in [6.45, 7) is 1.99. The van der Waals surface area contributed by atoms with Gasteiger partial charge in [-0.05, 0) is 31.6 Å². The molecular weight excluding hydrogens is 306 g/mol. The quantitative estimate of drug-likeness (QED) is 0.708. The summed E-state index contributed by atoms with van der Waals surface area (Å²) in [4.78, 5) is 11.4. The molecule has 9 heteroatoms. The minimum atomic E-state index is -3.95. The highest BCUT2D eigenvalue weighted by molar-refractivity contribution is 7.93. The lowest BCUT2D eigenvalue weighted by molar-refractivity contribution is -0.145. The minimum absolute atomic E-state index is 0.224. The van der Waals surface area contributed by atoms with Crippen LogP contribution in [-0.4, -0.2) is 51.2 Å². The highest BCUT2D eigenvalue weighted by Crippen LogP contribution is 2.32. The van der Waals surface area contributed by atoms with E-state index in [4.69, 9.17) is 0 Å². The molecule has 1 rings (SSSR count). The molecule has 0 atom stereocenters. The number of carboxylic acids is 1. The molecule has 0 heterocycles. The average Bonchev–Trinajstić information content (AvgIpc) is 2.29. The van der Waals surface area contributed by atoms with Crippen LogP contribution in [0, 0.1) is 5.92 Å². The molecule has 0 aromatic heterocycles. The van der Waals surface area contributed by atoms with Crippen LogP contribution < -0.4 is 4.72 Å². The zero-order valence-corrected chi connectivity index (χ0v) is 13.3. The number of aliphatic carboxylic acids is 1. The fourth-order valence-corrected chi connectivity index (χ4v) is 5.30. The largest absolute Gasteiger partial charge is 0.480 e. The molecule has 7 nitrogen and oxygen atoms in total. The van der Waals surface area contributed by atoms with Crippen molar-refractivity contribution in [3.05, 3.63) is 0 Å². The number of carboxylic acid groups (broad SMARTS) is 1. The highest BCUT2D eigenvalue weighted by atomic mass is 32.2. The normalized spacial score (nSPS) is 28.2. The summed E-state index contributed by atoms with van der Waals surface area (Å²) in [5, 5.41) is 9.32. The predicted molar refractivity (Wildman–Crippen MR) is 74.6 cm³/mol. The van der Waals surface area contributed by atoms with Gasteiger partial charge in [0.25, 0.3) is 0 Å². The van der Waals surface area contributed by atoms with Crippen molar-refractivity contribution < 1.29 is 26.7 Å². The Morgan fingerprint density at radius 2 is 1.70 bits per heavy atom. The second kappa shape index (κ2) is 5.98. The van der Waals surface area contributed by atoms with Gasteiger partial charge in [-0.1, -0.05) is 6.92 Å². The zero-order valence-electron chi connectivity index (χ0n) is 11.6. The maximum absolute atomic E-state index is 11.9. The molecule has 0 radical (unpaired) electrons. The monoisotopic (exact) mass is 327 g/mol. The van der Waals surface area contributed by atoms with E-state index < -0.39 is 42.9 Å². The van der Waals surface area contributed by atoms with Crippen molar-refractivity contribution in [2.24, 2.45) is 5.92 Å². The van der Waals surface area contributed by atoms with Crippen molar-refractivity contribution in [1.29, 1.82) is 0 Å². The number of rotatable bonds is 6. The van der Waals surface area contributed by atoms with Crippen molar-refractivity contribution >= 4 is 25.8 Å². The van der Waals surface area contributed by atoms with E-state index in [1.165, 1.54) is 0 Å². The first-order valence-electron chi connectivity index (χ1n) is 6.39. The van der Waals surface area contributed by atoms with Crippen LogP contribution in [-0.2, 0) is 24.7 Å². The molecule has 20 heavy (non-hydrogen) atoms. The van der Waals surface area contributed by atoms with Crippen LogP contribution in [0.2, 0.25) is 0 Å². The van der Waals surface area contributed by atoms with E-state index in [1.54, 1.807) is 0 Å². The van der Waals surface area contributed by atoms with E-state index in [2.05, 4.69) is 4.72 Å². The van der Waals surface area contributed by atoms with Crippen molar-refractivity contribution in [1.82, 2.24) is 4.72 Å². The van der Waals surface area contributed by atoms with Gasteiger partial charge < -0.3 is 5.11 Å². The molecular formula is C11H21NO6S2. The molecule has 1 fully saturated rings. The molecule has 2 N–H and O–H groups in total. The summed E-state index contributed by atoms with van der Waals surface area (Å²) >= 11 is 0. The van der Waals surface area contributed by atoms with E-state index in [0.717, 1.165) is 6.26 Å². The Balaban J connectivity index is 2.83. The van der Waals surface area contributed by atoms with Crippen LogP contribution in [0.25, 0.3) is 0 Å². The topological polar surface area (TPSA) is 118 Å². The van der Waals surface area contributed by atoms with E-state index in [0.29, 0.717) is 18.8 Å². The van der Waals surface area contributed by atoms with E-state index in [9.17, 15) is 26.7 Å². The highest BCUT2D eigenvalue weighted by Gasteiger charge is 2.44. The summed E-state index contributed by atoms with van der Waals surface area (Å²) in [6.07, 6.45) is 2.64. The van der Waals surface area contributed by atoms with Crippen LogP contribution in [0.5, 0.6) is 0 Å². The Kier molecular flexibility index (Phi) is 5.20. The van der Waals surface area contributed by atoms with Gasteiger partial charge in [-0.15, -0.1) is 0 Å². The van der Waals surface area contributed by atoms with Gasteiger partial charge in [0.1, 0.15) is 15.4 Å². The summed E-state index contributed by atoms with van der Waals surface area (Å²) in [5.74, 6) is -1.97. The van der Waals surface area contributed by atoms with Gasteiger partial charge in [0.15, 0.2) is 0 Å². The van der Waals surface area contributed by atoms with Gasteiger partial charge in [0, 0.05) is 6.26 Å². The Hall–Kier alpha value is -0.670. The van der Waals surface area contributed by atoms with Crippen LogP contribution in [0.3, 0.4) is 0 Å². The Bertz CT molecular complexity index is 558. The molecule has 0 aromatic rings. The fraction of sp³-hybridized carbons (Fsp3) is 0.909. The van der Waals surface area contributed by atoms with Crippen molar-refractivity contribution in [3.8, 4) is 0 Å². The SMILES string of the molecule is CC1CCC(NS(=O)(=O)CCS(C)(=O)=O)(C(=O)O)CC1. The standard InChI is InChI=1S/C11H21NO6S2/c1-9-3-5-11(6-4-9,10(13)14)12-20(17,18)8-7-19(2,15)16/h9,12H,3-8H2,1-2H3,(H,13,14). The second-order valence-electron chi connectivity index (χ2n) is 5.62. The Morgan fingerprint density at radius 3 is 2.10 bits per heavy atom. The van der Waals surface area contributed by atoms with Gasteiger partial charge in [-0.3, -0.25) is 4.79 Å². The summed E-state index contributed by atoms with van der Waals surface area (Å²) in [7, 11) is -7.36. The van der Waals surface area contributed by atoms with Crippen molar-refractivity contribution in [2.75, 3.05) is 17.8 Å². The first-order chi connectivity index (χ1) is 8.96. The van der Waals surface area contributed by atoms with Crippen LogP contribution >= 0.6 is 0 Å². The Labute approximate surface area is 119 Å². The maximum atomic E-state index is 11.9. The molecule has 1 aliphatic rings. The smallest absolute Gasteiger partial charge is 0.324 e. The zero-order chi connectivity index (χ0) is 15.6.